The average Bonchev–Trinajstić information content (AvgIpc) is 2.86. The molecule has 0 aromatic carbocycles. The summed E-state index contributed by atoms with van der Waals surface area (Å²) in [4.78, 5) is 7.96. The van der Waals surface area contributed by atoms with Crippen LogP contribution in [0.3, 0.4) is 0 Å². The van der Waals surface area contributed by atoms with Gasteiger partial charge in [0.05, 0.1) is 0 Å². The van der Waals surface area contributed by atoms with E-state index in [9.17, 15) is 0 Å². The third kappa shape index (κ3) is 1.60. The van der Waals surface area contributed by atoms with E-state index in [0.717, 1.165) is 6.42 Å². The topological polar surface area (TPSA) is 75.9 Å². The molecule has 0 amide bonds. The van der Waals surface area contributed by atoms with Crippen LogP contribution >= 0.6 is 11.6 Å². The van der Waals surface area contributed by atoms with Gasteiger partial charge in [-0.1, -0.05) is 11.6 Å². The predicted molar refractivity (Wildman–Crippen MR) is 63.4 cm³/mol. The standard InChI is InChI=1S/C10H14ClN5/c11-9-8(12)10(14-4-13-9)16-7-3-5-1-2-6(7)15-5/h4-7,15H,1-3,12H2,(H,13,14,16)/t5-,6+,7?/m0/s1. The Morgan fingerprint density at radius 2 is 2.31 bits per heavy atom. The van der Waals surface area contributed by atoms with E-state index in [0.29, 0.717) is 34.8 Å². The van der Waals surface area contributed by atoms with Gasteiger partial charge in [0.25, 0.3) is 0 Å². The lowest BCUT2D eigenvalue weighted by Crippen LogP contribution is -2.34. The lowest BCUT2D eigenvalue weighted by molar-refractivity contribution is 0.526. The first-order valence-electron chi connectivity index (χ1n) is 5.52. The van der Waals surface area contributed by atoms with Crippen molar-refractivity contribution in [1.82, 2.24) is 15.3 Å². The molecule has 2 bridgehead atoms. The highest BCUT2D eigenvalue weighted by atomic mass is 35.5. The number of anilines is 2. The van der Waals surface area contributed by atoms with Crippen molar-refractivity contribution in [2.24, 2.45) is 0 Å². The first kappa shape index (κ1) is 10.1. The van der Waals surface area contributed by atoms with Crippen molar-refractivity contribution >= 4 is 23.1 Å². The molecule has 0 radical (unpaired) electrons. The van der Waals surface area contributed by atoms with Gasteiger partial charge in [-0.25, -0.2) is 9.97 Å². The van der Waals surface area contributed by atoms with E-state index in [1.165, 1.54) is 19.2 Å². The maximum atomic E-state index is 5.85. The second kappa shape index (κ2) is 3.75. The van der Waals surface area contributed by atoms with Gasteiger partial charge in [-0.05, 0) is 19.3 Å². The lowest BCUT2D eigenvalue weighted by atomic mass is 9.95. The lowest BCUT2D eigenvalue weighted by Gasteiger charge is -2.22. The van der Waals surface area contributed by atoms with E-state index in [-0.39, 0.29) is 0 Å². The summed E-state index contributed by atoms with van der Waals surface area (Å²) in [5.74, 6) is 0.652. The van der Waals surface area contributed by atoms with Gasteiger partial charge in [0, 0.05) is 18.1 Å². The Kier molecular flexibility index (Phi) is 2.37. The SMILES string of the molecule is Nc1c(Cl)ncnc1NC1C[C@@H]2CC[C@H]1N2. The maximum absolute atomic E-state index is 5.85. The first-order valence-corrected chi connectivity index (χ1v) is 5.90. The first-order chi connectivity index (χ1) is 7.74. The minimum Gasteiger partial charge on any atom is -0.393 e. The minimum absolute atomic E-state index is 0.314. The molecule has 16 heavy (non-hydrogen) atoms. The van der Waals surface area contributed by atoms with Gasteiger partial charge in [0.15, 0.2) is 11.0 Å². The normalized spacial score (nSPS) is 31.9. The Labute approximate surface area is 98.8 Å². The van der Waals surface area contributed by atoms with Gasteiger partial charge in [-0.3, -0.25) is 0 Å². The Bertz CT molecular complexity index is 410. The van der Waals surface area contributed by atoms with Gasteiger partial charge in [0.1, 0.15) is 12.0 Å². The quantitative estimate of drug-likeness (QED) is 0.672. The van der Waals surface area contributed by atoms with Crippen molar-refractivity contribution < 1.29 is 0 Å². The molecule has 3 heterocycles. The number of halogens is 1. The highest BCUT2D eigenvalue weighted by Crippen LogP contribution is 2.32. The fourth-order valence-corrected chi connectivity index (χ4v) is 2.78. The number of rotatable bonds is 2. The van der Waals surface area contributed by atoms with Gasteiger partial charge < -0.3 is 16.4 Å². The molecule has 86 valence electrons. The van der Waals surface area contributed by atoms with E-state index >= 15 is 0 Å². The molecule has 1 aromatic rings. The molecule has 5 nitrogen and oxygen atoms in total. The molecule has 1 aromatic heterocycles. The molecular weight excluding hydrogens is 226 g/mol. The molecule has 2 aliphatic heterocycles. The van der Waals surface area contributed by atoms with Crippen LogP contribution in [0.5, 0.6) is 0 Å². The number of nitrogens with one attached hydrogen (secondary N) is 2. The van der Waals surface area contributed by atoms with Crippen molar-refractivity contribution in [3.05, 3.63) is 11.5 Å². The summed E-state index contributed by atoms with van der Waals surface area (Å²) in [6, 6.07) is 1.60. The van der Waals surface area contributed by atoms with E-state index in [1.54, 1.807) is 0 Å². The number of aromatic nitrogens is 2. The summed E-state index contributed by atoms with van der Waals surface area (Å²) in [6.07, 6.45) is 5.07. The van der Waals surface area contributed by atoms with Gasteiger partial charge >= 0.3 is 0 Å². The largest absolute Gasteiger partial charge is 0.393 e. The summed E-state index contributed by atoms with van der Waals surface area (Å²) in [6.45, 7) is 0. The number of nitrogens with two attached hydrogens (primary N) is 1. The Hall–Kier alpha value is -1.07. The van der Waals surface area contributed by atoms with Crippen LogP contribution in [0.1, 0.15) is 19.3 Å². The number of fused-ring (bicyclic) bond motifs is 2. The summed E-state index contributed by atoms with van der Waals surface area (Å²) in [7, 11) is 0. The van der Waals surface area contributed by atoms with Crippen molar-refractivity contribution in [1.29, 1.82) is 0 Å². The van der Waals surface area contributed by atoms with E-state index in [1.807, 2.05) is 0 Å². The number of nitrogen functional groups attached to an aromatic ring is 1. The molecule has 2 saturated heterocycles. The Morgan fingerprint density at radius 1 is 1.44 bits per heavy atom. The zero-order valence-electron chi connectivity index (χ0n) is 8.78. The van der Waals surface area contributed by atoms with Gasteiger partial charge in [-0.2, -0.15) is 0 Å². The maximum Gasteiger partial charge on any atom is 0.157 e. The summed E-state index contributed by atoms with van der Waals surface area (Å²) < 4.78 is 0. The van der Waals surface area contributed by atoms with Gasteiger partial charge in [-0.15, -0.1) is 0 Å². The fourth-order valence-electron chi connectivity index (χ4n) is 2.65. The molecule has 6 heteroatoms. The van der Waals surface area contributed by atoms with Crippen LogP contribution in [-0.4, -0.2) is 28.1 Å². The average molecular weight is 240 g/mol. The molecule has 3 rings (SSSR count). The van der Waals surface area contributed by atoms with Crippen molar-refractivity contribution in [2.45, 2.75) is 37.4 Å². The summed E-state index contributed by atoms with van der Waals surface area (Å²) >= 11 is 5.85. The molecule has 0 aliphatic carbocycles. The van der Waals surface area contributed by atoms with E-state index in [4.69, 9.17) is 17.3 Å². The monoisotopic (exact) mass is 239 g/mol. The zero-order chi connectivity index (χ0) is 11.1. The van der Waals surface area contributed by atoms with Crippen LogP contribution in [0.15, 0.2) is 6.33 Å². The molecule has 3 atom stereocenters. The second-order valence-electron chi connectivity index (χ2n) is 4.46. The van der Waals surface area contributed by atoms with Crippen LogP contribution in [0, 0.1) is 0 Å². The number of hydrogen-bond donors (Lipinski definition) is 3. The second-order valence-corrected chi connectivity index (χ2v) is 4.82. The Morgan fingerprint density at radius 3 is 3.00 bits per heavy atom. The third-order valence-corrected chi connectivity index (χ3v) is 3.76. The summed E-state index contributed by atoms with van der Waals surface area (Å²) in [5.41, 5.74) is 6.26. The van der Waals surface area contributed by atoms with Crippen molar-refractivity contribution in [3.63, 3.8) is 0 Å². The van der Waals surface area contributed by atoms with Crippen molar-refractivity contribution in [2.75, 3.05) is 11.1 Å². The minimum atomic E-state index is 0.314. The van der Waals surface area contributed by atoms with Crippen LogP contribution in [-0.2, 0) is 0 Å². The molecular formula is C10H14ClN5. The van der Waals surface area contributed by atoms with E-state index < -0.39 is 0 Å². The molecule has 2 fully saturated rings. The third-order valence-electron chi connectivity index (χ3n) is 3.46. The molecule has 4 N–H and O–H groups in total. The number of nitrogens with zero attached hydrogens (tertiary/aromatic N) is 2. The van der Waals surface area contributed by atoms with E-state index in [2.05, 4.69) is 20.6 Å². The highest BCUT2D eigenvalue weighted by molar-refractivity contribution is 6.32. The van der Waals surface area contributed by atoms with Crippen LogP contribution < -0.4 is 16.4 Å². The molecule has 2 aliphatic rings. The number of hydrogen-bond acceptors (Lipinski definition) is 5. The molecule has 0 saturated carbocycles. The predicted octanol–water partition coefficient (Wildman–Crippen LogP) is 1.02. The van der Waals surface area contributed by atoms with Crippen molar-refractivity contribution in [3.8, 4) is 0 Å². The smallest absolute Gasteiger partial charge is 0.157 e. The zero-order valence-corrected chi connectivity index (χ0v) is 9.54. The summed E-state index contributed by atoms with van der Waals surface area (Å²) in [5, 5.41) is 7.22. The molecule has 0 spiro atoms. The highest BCUT2D eigenvalue weighted by Gasteiger charge is 2.39. The molecule has 1 unspecified atom stereocenters. The van der Waals surface area contributed by atoms with Gasteiger partial charge in [0.2, 0.25) is 0 Å². The van der Waals surface area contributed by atoms with Crippen LogP contribution in [0.25, 0.3) is 0 Å². The Balaban J connectivity index is 1.77. The van der Waals surface area contributed by atoms with Crippen LogP contribution in [0.4, 0.5) is 11.5 Å². The van der Waals surface area contributed by atoms with Crippen LogP contribution in [0.2, 0.25) is 5.15 Å². The fraction of sp³-hybridized carbons (Fsp3) is 0.600.